The second kappa shape index (κ2) is 6.45. The van der Waals surface area contributed by atoms with E-state index in [0.29, 0.717) is 6.54 Å². The Bertz CT molecular complexity index is 449. The second-order valence-electron chi connectivity index (χ2n) is 4.78. The fourth-order valence-corrected chi connectivity index (χ4v) is 2.41. The Hall–Kier alpha value is -1.27. The first-order chi connectivity index (χ1) is 9.49. The highest BCUT2D eigenvalue weighted by atomic mass is 19.4. The zero-order chi connectivity index (χ0) is 14.6. The van der Waals surface area contributed by atoms with Crippen LogP contribution in [0.15, 0.2) is 18.2 Å². The number of hydrogen-bond donors (Lipinski definition) is 1. The topological polar surface area (TPSA) is 30.5 Å². The van der Waals surface area contributed by atoms with E-state index in [2.05, 4.69) is 10.1 Å². The van der Waals surface area contributed by atoms with Gasteiger partial charge in [0.2, 0.25) is 0 Å². The number of alkyl halides is 3. The van der Waals surface area contributed by atoms with Gasteiger partial charge in [0.15, 0.2) is 0 Å². The number of aryl methyl sites for hydroxylation is 1. The van der Waals surface area contributed by atoms with E-state index in [9.17, 15) is 13.2 Å². The molecule has 0 amide bonds. The molecule has 0 aromatic heterocycles. The van der Waals surface area contributed by atoms with Gasteiger partial charge >= 0.3 is 6.18 Å². The highest BCUT2D eigenvalue weighted by Crippen LogP contribution is 2.33. The number of hydrogen-bond acceptors (Lipinski definition) is 3. The highest BCUT2D eigenvalue weighted by Gasteiger charge is 2.27. The van der Waals surface area contributed by atoms with Crippen molar-refractivity contribution in [2.75, 3.05) is 26.9 Å². The van der Waals surface area contributed by atoms with Crippen LogP contribution in [0.3, 0.4) is 0 Å². The molecule has 1 aliphatic rings. The van der Waals surface area contributed by atoms with Crippen LogP contribution in [0.4, 0.5) is 13.2 Å². The zero-order valence-corrected chi connectivity index (χ0v) is 11.3. The Morgan fingerprint density at radius 1 is 1.35 bits per heavy atom. The number of methoxy groups -OCH3 is 1. The van der Waals surface area contributed by atoms with Crippen LogP contribution in [0.1, 0.15) is 23.6 Å². The number of nitrogens with one attached hydrogen (secondary N) is 1. The molecule has 20 heavy (non-hydrogen) atoms. The number of rotatable bonds is 6. The molecule has 6 heteroatoms. The number of fused-ring (bicyclic) bond motifs is 1. The van der Waals surface area contributed by atoms with E-state index in [-0.39, 0.29) is 12.6 Å². The maximum absolute atomic E-state index is 11.9. The van der Waals surface area contributed by atoms with Crippen LogP contribution < -0.4 is 10.1 Å². The van der Waals surface area contributed by atoms with Crippen molar-refractivity contribution in [1.82, 2.24) is 5.32 Å². The fraction of sp³-hybridized carbons (Fsp3) is 0.571. The summed E-state index contributed by atoms with van der Waals surface area (Å²) < 4.78 is 45.5. The summed E-state index contributed by atoms with van der Waals surface area (Å²) >= 11 is 0. The zero-order valence-electron chi connectivity index (χ0n) is 11.3. The van der Waals surface area contributed by atoms with Crippen LogP contribution in [0.5, 0.6) is 5.75 Å². The van der Waals surface area contributed by atoms with Crippen molar-refractivity contribution in [1.29, 1.82) is 0 Å². The van der Waals surface area contributed by atoms with Crippen molar-refractivity contribution in [3.05, 3.63) is 29.3 Å². The van der Waals surface area contributed by atoms with Crippen LogP contribution in [-0.2, 0) is 11.2 Å². The molecule has 112 valence electrons. The van der Waals surface area contributed by atoms with Gasteiger partial charge in [0, 0.05) is 12.6 Å². The average Bonchev–Trinajstić information content (AvgIpc) is 2.79. The van der Waals surface area contributed by atoms with Crippen LogP contribution in [-0.4, -0.2) is 33.0 Å². The van der Waals surface area contributed by atoms with Gasteiger partial charge in [-0.15, -0.1) is 0 Å². The third kappa shape index (κ3) is 4.11. The first-order valence-corrected chi connectivity index (χ1v) is 6.54. The molecular weight excluding hydrogens is 271 g/mol. The summed E-state index contributed by atoms with van der Waals surface area (Å²) in [6.45, 7) is -0.740. The number of halogens is 3. The lowest BCUT2D eigenvalue weighted by Crippen LogP contribution is -2.26. The van der Waals surface area contributed by atoms with Gasteiger partial charge in [0.1, 0.15) is 12.4 Å². The van der Waals surface area contributed by atoms with E-state index in [1.807, 2.05) is 18.2 Å². The molecule has 0 saturated heterocycles. The van der Waals surface area contributed by atoms with Crippen molar-refractivity contribution in [2.45, 2.75) is 25.1 Å². The quantitative estimate of drug-likeness (QED) is 0.817. The average molecular weight is 289 g/mol. The third-order valence-electron chi connectivity index (χ3n) is 3.33. The third-order valence-corrected chi connectivity index (χ3v) is 3.33. The lowest BCUT2D eigenvalue weighted by atomic mass is 10.1. The van der Waals surface area contributed by atoms with Crippen molar-refractivity contribution in [3.8, 4) is 5.75 Å². The molecular formula is C14H18F3NO2. The van der Waals surface area contributed by atoms with Gasteiger partial charge in [-0.1, -0.05) is 6.07 Å². The molecule has 0 aliphatic heterocycles. The van der Waals surface area contributed by atoms with Gasteiger partial charge in [0.05, 0.1) is 13.7 Å². The SMILES string of the molecule is COc1ccc2c(c1)C(NCCOCC(F)(F)F)CC2. The van der Waals surface area contributed by atoms with Gasteiger partial charge in [-0.05, 0) is 36.1 Å². The summed E-state index contributed by atoms with van der Waals surface area (Å²) in [5, 5.41) is 3.23. The minimum atomic E-state index is -4.26. The van der Waals surface area contributed by atoms with Gasteiger partial charge in [-0.3, -0.25) is 0 Å². The molecule has 2 rings (SSSR count). The molecule has 0 radical (unpaired) electrons. The van der Waals surface area contributed by atoms with Gasteiger partial charge < -0.3 is 14.8 Å². The maximum atomic E-state index is 11.9. The fourth-order valence-electron chi connectivity index (χ4n) is 2.41. The minimum Gasteiger partial charge on any atom is -0.497 e. The first-order valence-electron chi connectivity index (χ1n) is 6.54. The van der Waals surface area contributed by atoms with Crippen LogP contribution in [0, 0.1) is 0 Å². The smallest absolute Gasteiger partial charge is 0.411 e. The monoisotopic (exact) mass is 289 g/mol. The van der Waals surface area contributed by atoms with Gasteiger partial charge in [-0.2, -0.15) is 13.2 Å². The lowest BCUT2D eigenvalue weighted by Gasteiger charge is -2.15. The number of benzene rings is 1. The minimum absolute atomic E-state index is 0.0509. The maximum Gasteiger partial charge on any atom is 0.411 e. The molecule has 1 aliphatic carbocycles. The summed E-state index contributed by atoms with van der Waals surface area (Å²) in [4.78, 5) is 0. The molecule has 1 unspecified atom stereocenters. The molecule has 1 aromatic rings. The Labute approximate surface area is 116 Å². The van der Waals surface area contributed by atoms with Gasteiger partial charge in [0.25, 0.3) is 0 Å². The second-order valence-corrected chi connectivity index (χ2v) is 4.78. The van der Waals surface area contributed by atoms with Crippen molar-refractivity contribution in [2.24, 2.45) is 0 Å². The summed E-state index contributed by atoms with van der Waals surface area (Å²) in [7, 11) is 1.62. The molecule has 1 N–H and O–H groups in total. The van der Waals surface area contributed by atoms with E-state index in [0.717, 1.165) is 18.6 Å². The van der Waals surface area contributed by atoms with Gasteiger partial charge in [-0.25, -0.2) is 0 Å². The molecule has 0 spiro atoms. The summed E-state index contributed by atoms with van der Waals surface area (Å²) in [5.74, 6) is 0.797. The summed E-state index contributed by atoms with van der Waals surface area (Å²) in [6.07, 6.45) is -2.34. The predicted molar refractivity (Wildman–Crippen MR) is 68.9 cm³/mol. The molecule has 1 aromatic carbocycles. The van der Waals surface area contributed by atoms with Crippen molar-refractivity contribution < 1.29 is 22.6 Å². The summed E-state index contributed by atoms with van der Waals surface area (Å²) in [5.41, 5.74) is 2.43. The summed E-state index contributed by atoms with van der Waals surface area (Å²) in [6, 6.07) is 6.11. The molecule has 1 atom stereocenters. The highest BCUT2D eigenvalue weighted by molar-refractivity contribution is 5.40. The molecule has 0 bridgehead atoms. The van der Waals surface area contributed by atoms with Crippen LogP contribution >= 0.6 is 0 Å². The Kier molecular flexibility index (Phi) is 4.88. The Morgan fingerprint density at radius 2 is 2.15 bits per heavy atom. The lowest BCUT2D eigenvalue weighted by molar-refractivity contribution is -0.173. The van der Waals surface area contributed by atoms with E-state index >= 15 is 0 Å². The predicted octanol–water partition coefficient (Wildman–Crippen LogP) is 2.85. The van der Waals surface area contributed by atoms with E-state index in [1.54, 1.807) is 7.11 Å². The van der Waals surface area contributed by atoms with Crippen molar-refractivity contribution in [3.63, 3.8) is 0 Å². The largest absolute Gasteiger partial charge is 0.497 e. The van der Waals surface area contributed by atoms with Crippen LogP contribution in [0.25, 0.3) is 0 Å². The van der Waals surface area contributed by atoms with E-state index < -0.39 is 12.8 Å². The Balaban J connectivity index is 1.79. The van der Waals surface area contributed by atoms with E-state index in [1.165, 1.54) is 11.1 Å². The van der Waals surface area contributed by atoms with E-state index in [4.69, 9.17) is 4.74 Å². The van der Waals surface area contributed by atoms with Crippen molar-refractivity contribution >= 4 is 0 Å². The molecule has 0 fully saturated rings. The van der Waals surface area contributed by atoms with Crippen LogP contribution in [0.2, 0.25) is 0 Å². The first kappa shape index (κ1) is 15.1. The normalized spacial score (nSPS) is 18.1. The standard InChI is InChI=1S/C14H18F3NO2/c1-19-11-4-2-10-3-5-13(12(10)8-11)18-6-7-20-9-14(15,16)17/h2,4,8,13,18H,3,5-7,9H2,1H3. The molecule has 0 heterocycles. The molecule has 0 saturated carbocycles. The molecule has 3 nitrogen and oxygen atoms in total. The number of ether oxygens (including phenoxy) is 2. The Morgan fingerprint density at radius 3 is 2.85 bits per heavy atom.